The normalized spacial score (nSPS) is 20.3. The van der Waals surface area contributed by atoms with E-state index < -0.39 is 0 Å². The van der Waals surface area contributed by atoms with Crippen LogP contribution in [0.1, 0.15) is 35.4 Å². The standard InChI is InChI=1S/C12H16N2O2S/c1-8-6-9(7-16-8)12(15)14-5-3-2-4-10(14)11(13)17/h6-7,10H,2-5H2,1H3,(H2,13,17). The zero-order valence-electron chi connectivity index (χ0n) is 9.81. The van der Waals surface area contributed by atoms with Crippen molar-refractivity contribution < 1.29 is 9.21 Å². The lowest BCUT2D eigenvalue weighted by Gasteiger charge is -2.34. The van der Waals surface area contributed by atoms with E-state index in [-0.39, 0.29) is 11.9 Å². The third kappa shape index (κ3) is 2.49. The average Bonchev–Trinajstić information content (AvgIpc) is 2.75. The van der Waals surface area contributed by atoms with Crippen LogP contribution < -0.4 is 5.73 Å². The number of likely N-dealkylation sites (tertiary alicyclic amines) is 1. The molecular weight excluding hydrogens is 236 g/mol. The van der Waals surface area contributed by atoms with Gasteiger partial charge in [0.15, 0.2) is 0 Å². The third-order valence-electron chi connectivity index (χ3n) is 3.07. The van der Waals surface area contributed by atoms with E-state index in [1.807, 2.05) is 6.92 Å². The molecule has 1 aliphatic rings. The molecule has 4 nitrogen and oxygen atoms in total. The van der Waals surface area contributed by atoms with Crippen molar-refractivity contribution >= 4 is 23.1 Å². The molecule has 17 heavy (non-hydrogen) atoms. The Bertz CT molecular complexity index is 441. The predicted octanol–water partition coefficient (Wildman–Crippen LogP) is 1.87. The minimum atomic E-state index is -0.110. The number of rotatable bonds is 2. The van der Waals surface area contributed by atoms with Gasteiger partial charge >= 0.3 is 0 Å². The molecule has 5 heteroatoms. The van der Waals surface area contributed by atoms with Crippen LogP contribution in [0.25, 0.3) is 0 Å². The summed E-state index contributed by atoms with van der Waals surface area (Å²) in [7, 11) is 0. The number of carbonyl (C=O) groups excluding carboxylic acids is 1. The molecule has 1 unspecified atom stereocenters. The number of nitrogens with two attached hydrogens (primary N) is 1. The second kappa shape index (κ2) is 4.87. The monoisotopic (exact) mass is 252 g/mol. The van der Waals surface area contributed by atoms with Gasteiger partial charge in [-0.15, -0.1) is 0 Å². The summed E-state index contributed by atoms with van der Waals surface area (Å²) in [6, 6.07) is 1.63. The maximum Gasteiger partial charge on any atom is 0.257 e. The zero-order chi connectivity index (χ0) is 12.4. The Labute approximate surface area is 106 Å². The van der Waals surface area contributed by atoms with Crippen LogP contribution in [0.4, 0.5) is 0 Å². The van der Waals surface area contributed by atoms with Gasteiger partial charge < -0.3 is 15.1 Å². The number of nitrogens with zero attached hydrogens (tertiary/aromatic N) is 1. The van der Waals surface area contributed by atoms with Crippen molar-refractivity contribution in [3.05, 3.63) is 23.7 Å². The van der Waals surface area contributed by atoms with E-state index in [1.54, 1.807) is 11.0 Å². The van der Waals surface area contributed by atoms with Crippen LogP contribution in [0.15, 0.2) is 16.7 Å². The number of piperidine rings is 1. The van der Waals surface area contributed by atoms with Gasteiger partial charge in [0, 0.05) is 6.54 Å². The van der Waals surface area contributed by atoms with E-state index in [0.717, 1.165) is 25.0 Å². The molecule has 1 fully saturated rings. The topological polar surface area (TPSA) is 59.5 Å². The molecule has 2 rings (SSSR count). The summed E-state index contributed by atoms with van der Waals surface area (Å²) in [5.41, 5.74) is 6.27. The van der Waals surface area contributed by atoms with Gasteiger partial charge in [-0.3, -0.25) is 4.79 Å². The zero-order valence-corrected chi connectivity index (χ0v) is 10.6. The van der Waals surface area contributed by atoms with Gasteiger partial charge in [-0.1, -0.05) is 12.2 Å². The number of furan rings is 1. The minimum absolute atomic E-state index is 0.0423. The molecule has 1 saturated heterocycles. The highest BCUT2D eigenvalue weighted by molar-refractivity contribution is 7.80. The highest BCUT2D eigenvalue weighted by atomic mass is 32.1. The fraction of sp³-hybridized carbons (Fsp3) is 0.500. The minimum Gasteiger partial charge on any atom is -0.469 e. The Kier molecular flexibility index (Phi) is 3.47. The highest BCUT2D eigenvalue weighted by Gasteiger charge is 2.29. The van der Waals surface area contributed by atoms with Crippen molar-refractivity contribution in [2.45, 2.75) is 32.2 Å². The molecule has 1 amide bonds. The molecule has 1 atom stereocenters. The Morgan fingerprint density at radius 3 is 2.94 bits per heavy atom. The van der Waals surface area contributed by atoms with Crippen molar-refractivity contribution in [3.8, 4) is 0 Å². The van der Waals surface area contributed by atoms with Crippen molar-refractivity contribution in [1.82, 2.24) is 4.90 Å². The Balaban J connectivity index is 2.19. The highest BCUT2D eigenvalue weighted by Crippen LogP contribution is 2.20. The molecule has 0 bridgehead atoms. The van der Waals surface area contributed by atoms with Crippen LogP contribution in [-0.2, 0) is 0 Å². The molecule has 0 aromatic carbocycles. The number of thiocarbonyl (C=S) groups is 1. The summed E-state index contributed by atoms with van der Waals surface area (Å²) in [6.45, 7) is 2.53. The quantitative estimate of drug-likeness (QED) is 0.816. The first-order valence-corrected chi connectivity index (χ1v) is 6.16. The van der Waals surface area contributed by atoms with Gasteiger partial charge in [0.2, 0.25) is 0 Å². The van der Waals surface area contributed by atoms with Crippen molar-refractivity contribution in [2.75, 3.05) is 6.54 Å². The summed E-state index contributed by atoms with van der Waals surface area (Å²) in [5.74, 6) is 0.691. The first-order chi connectivity index (χ1) is 8.09. The van der Waals surface area contributed by atoms with Gasteiger partial charge in [-0.25, -0.2) is 0 Å². The van der Waals surface area contributed by atoms with Crippen molar-refractivity contribution in [3.63, 3.8) is 0 Å². The van der Waals surface area contributed by atoms with Crippen LogP contribution >= 0.6 is 12.2 Å². The van der Waals surface area contributed by atoms with E-state index in [0.29, 0.717) is 17.1 Å². The molecule has 92 valence electrons. The lowest BCUT2D eigenvalue weighted by atomic mass is 10.0. The molecule has 1 aromatic rings. The summed E-state index contributed by atoms with van der Waals surface area (Å²) in [5, 5.41) is 0. The van der Waals surface area contributed by atoms with Gasteiger partial charge in [-0.05, 0) is 32.3 Å². The van der Waals surface area contributed by atoms with E-state index in [2.05, 4.69) is 0 Å². The molecule has 2 N–H and O–H groups in total. The van der Waals surface area contributed by atoms with E-state index >= 15 is 0 Å². The van der Waals surface area contributed by atoms with Crippen LogP contribution in [-0.4, -0.2) is 28.4 Å². The number of hydrogen-bond donors (Lipinski definition) is 1. The predicted molar refractivity (Wildman–Crippen MR) is 68.9 cm³/mol. The van der Waals surface area contributed by atoms with Crippen LogP contribution in [0.2, 0.25) is 0 Å². The molecule has 0 radical (unpaired) electrons. The molecule has 0 spiro atoms. The number of hydrogen-bond acceptors (Lipinski definition) is 3. The maximum atomic E-state index is 12.3. The van der Waals surface area contributed by atoms with Crippen molar-refractivity contribution in [2.24, 2.45) is 5.73 Å². The van der Waals surface area contributed by atoms with E-state index in [4.69, 9.17) is 22.4 Å². The van der Waals surface area contributed by atoms with Crippen LogP contribution in [0.5, 0.6) is 0 Å². The first kappa shape index (κ1) is 12.1. The van der Waals surface area contributed by atoms with E-state index in [1.165, 1.54) is 6.26 Å². The van der Waals surface area contributed by atoms with Gasteiger partial charge in [0.05, 0.1) is 16.6 Å². The molecule has 1 aliphatic heterocycles. The number of aryl methyl sites for hydroxylation is 1. The Morgan fingerprint density at radius 1 is 1.59 bits per heavy atom. The fourth-order valence-corrected chi connectivity index (χ4v) is 2.44. The fourth-order valence-electron chi connectivity index (χ4n) is 2.19. The van der Waals surface area contributed by atoms with E-state index in [9.17, 15) is 4.79 Å². The largest absolute Gasteiger partial charge is 0.469 e. The van der Waals surface area contributed by atoms with Gasteiger partial charge in [0.25, 0.3) is 5.91 Å². The van der Waals surface area contributed by atoms with Gasteiger partial charge in [0.1, 0.15) is 12.0 Å². The molecule has 1 aromatic heterocycles. The molecular formula is C12H16N2O2S. The lowest BCUT2D eigenvalue weighted by Crippen LogP contribution is -2.49. The summed E-state index contributed by atoms with van der Waals surface area (Å²) >= 11 is 5.03. The van der Waals surface area contributed by atoms with Crippen LogP contribution in [0, 0.1) is 6.92 Å². The smallest absolute Gasteiger partial charge is 0.257 e. The number of carbonyl (C=O) groups is 1. The second-order valence-electron chi connectivity index (χ2n) is 4.36. The van der Waals surface area contributed by atoms with Crippen molar-refractivity contribution in [1.29, 1.82) is 0 Å². The SMILES string of the molecule is Cc1cc(C(=O)N2CCCCC2C(N)=S)co1. The van der Waals surface area contributed by atoms with Gasteiger partial charge in [-0.2, -0.15) is 0 Å². The Hall–Kier alpha value is -1.36. The molecule has 2 heterocycles. The Morgan fingerprint density at radius 2 is 2.35 bits per heavy atom. The second-order valence-corrected chi connectivity index (χ2v) is 4.83. The summed E-state index contributed by atoms with van der Waals surface area (Å²) in [4.78, 5) is 14.4. The first-order valence-electron chi connectivity index (χ1n) is 5.75. The third-order valence-corrected chi connectivity index (χ3v) is 3.34. The summed E-state index contributed by atoms with van der Waals surface area (Å²) in [6.07, 6.45) is 4.42. The average molecular weight is 252 g/mol. The maximum absolute atomic E-state index is 12.3. The lowest BCUT2D eigenvalue weighted by molar-refractivity contribution is 0.0681. The number of amides is 1. The van der Waals surface area contributed by atoms with Crippen LogP contribution in [0.3, 0.4) is 0 Å². The molecule has 0 aliphatic carbocycles. The molecule has 0 saturated carbocycles. The summed E-state index contributed by atoms with van der Waals surface area (Å²) < 4.78 is 5.16.